The lowest BCUT2D eigenvalue weighted by Crippen LogP contribution is -2.37. The summed E-state index contributed by atoms with van der Waals surface area (Å²) in [6, 6.07) is 6.94. The van der Waals surface area contributed by atoms with E-state index in [0.717, 1.165) is 5.56 Å². The number of hydrogen-bond acceptors (Lipinski definition) is 2. The van der Waals surface area contributed by atoms with Crippen molar-refractivity contribution in [2.24, 2.45) is 0 Å². The summed E-state index contributed by atoms with van der Waals surface area (Å²) in [4.78, 5) is 0.371. The Labute approximate surface area is 104 Å². The Morgan fingerprint density at radius 2 is 1.94 bits per heavy atom. The highest BCUT2D eigenvalue weighted by Crippen LogP contribution is 2.21. The third kappa shape index (κ3) is 2.96. The molecular weight excluding hydrogens is 234 g/mol. The first-order valence-corrected chi connectivity index (χ1v) is 7.03. The molecule has 0 bridgehead atoms. The van der Waals surface area contributed by atoms with E-state index in [-0.39, 0.29) is 6.04 Å². The highest BCUT2D eigenvalue weighted by atomic mass is 32.2. The van der Waals surface area contributed by atoms with Gasteiger partial charge in [-0.25, -0.2) is 8.42 Å². The van der Waals surface area contributed by atoms with Crippen LogP contribution in [0, 0.1) is 6.92 Å². The van der Waals surface area contributed by atoms with Gasteiger partial charge in [-0.05, 0) is 32.4 Å². The molecule has 1 rings (SSSR count). The predicted molar refractivity (Wildman–Crippen MR) is 70.4 cm³/mol. The maximum absolute atomic E-state index is 12.5. The normalized spacial score (nSPS) is 12.1. The lowest BCUT2D eigenvalue weighted by Gasteiger charge is -2.25. The van der Waals surface area contributed by atoms with Crippen LogP contribution in [0.3, 0.4) is 0 Å². The van der Waals surface area contributed by atoms with Crippen molar-refractivity contribution in [2.45, 2.75) is 31.7 Å². The zero-order valence-corrected chi connectivity index (χ0v) is 11.4. The Bertz CT molecular complexity index is 492. The Balaban J connectivity index is 3.26. The zero-order valence-electron chi connectivity index (χ0n) is 10.6. The molecule has 0 atom stereocenters. The van der Waals surface area contributed by atoms with E-state index in [9.17, 15) is 8.42 Å². The molecule has 1 aromatic carbocycles. The molecule has 0 amide bonds. The lowest BCUT2D eigenvalue weighted by atomic mass is 10.2. The smallest absolute Gasteiger partial charge is 0.207 e. The van der Waals surface area contributed by atoms with Gasteiger partial charge < -0.3 is 0 Å². The third-order valence-electron chi connectivity index (χ3n) is 2.57. The van der Waals surface area contributed by atoms with E-state index in [1.165, 1.54) is 4.31 Å². The summed E-state index contributed by atoms with van der Waals surface area (Å²) in [5, 5.41) is 0. The summed E-state index contributed by atoms with van der Waals surface area (Å²) in [6.45, 7) is 9.46. The fourth-order valence-corrected chi connectivity index (χ4v) is 3.52. The van der Waals surface area contributed by atoms with Crippen LogP contribution in [0.2, 0.25) is 0 Å². The molecule has 94 valence electrons. The molecule has 0 radical (unpaired) electrons. The molecule has 1 aromatic rings. The Hall–Kier alpha value is -1.13. The Kier molecular flexibility index (Phi) is 4.48. The van der Waals surface area contributed by atoms with Gasteiger partial charge in [0.1, 0.15) is 0 Å². The largest absolute Gasteiger partial charge is 0.243 e. The first-order valence-electron chi connectivity index (χ1n) is 5.59. The SMILES string of the molecule is C=CCN(C(C)C)S(=O)(=O)c1ccccc1C. The fraction of sp³-hybridized carbons (Fsp3) is 0.385. The minimum Gasteiger partial charge on any atom is -0.207 e. The number of hydrogen-bond donors (Lipinski definition) is 0. The first-order chi connectivity index (χ1) is 7.91. The molecule has 3 nitrogen and oxygen atoms in total. The summed E-state index contributed by atoms with van der Waals surface area (Å²) in [5.74, 6) is 0. The zero-order chi connectivity index (χ0) is 13.1. The summed E-state index contributed by atoms with van der Waals surface area (Å²) >= 11 is 0. The second-order valence-corrected chi connectivity index (χ2v) is 6.08. The van der Waals surface area contributed by atoms with E-state index in [1.54, 1.807) is 31.2 Å². The molecule has 0 heterocycles. The van der Waals surface area contributed by atoms with Gasteiger partial charge in [0.05, 0.1) is 4.90 Å². The van der Waals surface area contributed by atoms with Crippen molar-refractivity contribution in [3.63, 3.8) is 0 Å². The third-order valence-corrected chi connectivity index (χ3v) is 4.77. The molecule has 0 saturated heterocycles. The number of sulfonamides is 1. The predicted octanol–water partition coefficient (Wildman–Crippen LogP) is 2.58. The minimum atomic E-state index is -3.43. The van der Waals surface area contributed by atoms with Crippen molar-refractivity contribution in [1.82, 2.24) is 4.31 Å². The molecule has 0 aliphatic heterocycles. The van der Waals surface area contributed by atoms with Crippen molar-refractivity contribution in [3.8, 4) is 0 Å². The molecule has 0 saturated carbocycles. The van der Waals surface area contributed by atoms with Crippen LogP contribution < -0.4 is 0 Å². The van der Waals surface area contributed by atoms with E-state index < -0.39 is 10.0 Å². The molecule has 0 aliphatic rings. The average Bonchev–Trinajstić information content (AvgIpc) is 2.25. The van der Waals surface area contributed by atoms with Crippen molar-refractivity contribution in [1.29, 1.82) is 0 Å². The van der Waals surface area contributed by atoms with E-state index in [4.69, 9.17) is 0 Å². The molecule has 0 N–H and O–H groups in total. The first kappa shape index (κ1) is 13.9. The van der Waals surface area contributed by atoms with Gasteiger partial charge in [0.15, 0.2) is 0 Å². The van der Waals surface area contributed by atoms with E-state index in [0.29, 0.717) is 11.4 Å². The van der Waals surface area contributed by atoms with E-state index in [2.05, 4.69) is 6.58 Å². The Morgan fingerprint density at radius 3 is 2.41 bits per heavy atom. The second-order valence-electron chi connectivity index (χ2n) is 4.22. The molecule has 0 spiro atoms. The molecule has 4 heteroatoms. The summed E-state index contributed by atoms with van der Waals surface area (Å²) < 4.78 is 26.4. The number of rotatable bonds is 5. The van der Waals surface area contributed by atoms with Crippen molar-refractivity contribution < 1.29 is 8.42 Å². The van der Waals surface area contributed by atoms with Gasteiger partial charge in [-0.1, -0.05) is 24.3 Å². The number of benzene rings is 1. The van der Waals surface area contributed by atoms with Crippen LogP contribution in [-0.4, -0.2) is 25.3 Å². The standard InChI is InChI=1S/C13H19NO2S/c1-5-10-14(11(2)3)17(15,16)13-9-7-6-8-12(13)4/h5-9,11H,1,10H2,2-4H3. The molecule has 17 heavy (non-hydrogen) atoms. The van der Waals surface area contributed by atoms with Crippen LogP contribution in [0.15, 0.2) is 41.8 Å². The van der Waals surface area contributed by atoms with E-state index in [1.807, 2.05) is 19.9 Å². The quantitative estimate of drug-likeness (QED) is 0.756. The van der Waals surface area contributed by atoms with Crippen LogP contribution in [0.1, 0.15) is 19.4 Å². The van der Waals surface area contributed by atoms with Crippen molar-refractivity contribution in [2.75, 3.05) is 6.54 Å². The summed E-state index contributed by atoms with van der Waals surface area (Å²) in [5.41, 5.74) is 0.766. The second kappa shape index (κ2) is 5.47. The highest BCUT2D eigenvalue weighted by molar-refractivity contribution is 7.89. The maximum Gasteiger partial charge on any atom is 0.243 e. The molecule has 0 aromatic heterocycles. The van der Waals surface area contributed by atoms with Gasteiger partial charge in [-0.15, -0.1) is 6.58 Å². The number of aryl methyl sites for hydroxylation is 1. The monoisotopic (exact) mass is 253 g/mol. The van der Waals surface area contributed by atoms with Crippen molar-refractivity contribution >= 4 is 10.0 Å². The van der Waals surface area contributed by atoms with Crippen LogP contribution >= 0.6 is 0 Å². The molecular formula is C13H19NO2S. The lowest BCUT2D eigenvalue weighted by molar-refractivity contribution is 0.382. The van der Waals surface area contributed by atoms with E-state index >= 15 is 0 Å². The number of nitrogens with zero attached hydrogens (tertiary/aromatic N) is 1. The van der Waals surface area contributed by atoms with Gasteiger partial charge in [-0.2, -0.15) is 4.31 Å². The molecule has 0 fully saturated rings. The van der Waals surface area contributed by atoms with Crippen LogP contribution in [-0.2, 0) is 10.0 Å². The van der Waals surface area contributed by atoms with Crippen LogP contribution in [0.5, 0.6) is 0 Å². The topological polar surface area (TPSA) is 37.4 Å². The molecule has 0 aliphatic carbocycles. The Morgan fingerprint density at radius 1 is 1.35 bits per heavy atom. The van der Waals surface area contributed by atoms with Gasteiger partial charge >= 0.3 is 0 Å². The van der Waals surface area contributed by atoms with Crippen molar-refractivity contribution in [3.05, 3.63) is 42.5 Å². The maximum atomic E-state index is 12.5. The highest BCUT2D eigenvalue weighted by Gasteiger charge is 2.26. The molecule has 0 unspecified atom stereocenters. The van der Waals surface area contributed by atoms with Gasteiger partial charge in [0.2, 0.25) is 10.0 Å². The minimum absolute atomic E-state index is 0.0855. The summed E-state index contributed by atoms with van der Waals surface area (Å²) in [6.07, 6.45) is 1.61. The fourth-order valence-electron chi connectivity index (χ4n) is 1.69. The van der Waals surface area contributed by atoms with Gasteiger partial charge in [0, 0.05) is 12.6 Å². The average molecular weight is 253 g/mol. The summed E-state index contributed by atoms with van der Waals surface area (Å²) in [7, 11) is -3.43. The van der Waals surface area contributed by atoms with Gasteiger partial charge in [-0.3, -0.25) is 0 Å². The van der Waals surface area contributed by atoms with Crippen LogP contribution in [0.25, 0.3) is 0 Å². The van der Waals surface area contributed by atoms with Gasteiger partial charge in [0.25, 0.3) is 0 Å². The van der Waals surface area contributed by atoms with Crippen LogP contribution in [0.4, 0.5) is 0 Å².